The van der Waals surface area contributed by atoms with Crippen LogP contribution in [0.15, 0.2) is 108 Å². The summed E-state index contributed by atoms with van der Waals surface area (Å²) in [6, 6.07) is 32.3. The number of nitrogens with one attached hydrogen (secondary N) is 1. The molecule has 0 aliphatic rings. The van der Waals surface area contributed by atoms with E-state index in [9.17, 15) is 4.79 Å². The fraction of sp³-hybridized carbons (Fsp3) is 0.0357. The molecule has 0 fully saturated rings. The van der Waals surface area contributed by atoms with E-state index in [2.05, 4.69) is 31.3 Å². The summed E-state index contributed by atoms with van der Waals surface area (Å²) in [6.45, 7) is 2.03. The van der Waals surface area contributed by atoms with Crippen LogP contribution in [0.1, 0.15) is 16.2 Å². The lowest BCUT2D eigenvalue weighted by Crippen LogP contribution is -2.14. The Labute approximate surface area is 211 Å². The Balaban J connectivity index is 1.40. The molecule has 1 aromatic heterocycles. The van der Waals surface area contributed by atoms with E-state index in [0.29, 0.717) is 17.3 Å². The number of amides is 1. The van der Waals surface area contributed by atoms with Gasteiger partial charge in [-0.25, -0.2) is 9.67 Å². The van der Waals surface area contributed by atoms with Crippen LogP contribution in [0.2, 0.25) is 0 Å². The second-order valence-electron chi connectivity index (χ2n) is 7.91. The number of halogens is 1. The maximum absolute atomic E-state index is 13.0. The van der Waals surface area contributed by atoms with Gasteiger partial charge in [0.2, 0.25) is 5.82 Å². The molecule has 1 amide bonds. The molecule has 0 aliphatic heterocycles. The number of carbonyl (C=O) groups is 1. The molecule has 7 heteroatoms. The average molecular weight is 525 g/mol. The normalized spacial score (nSPS) is 10.7. The van der Waals surface area contributed by atoms with E-state index in [1.807, 2.05) is 85.8 Å². The highest BCUT2D eigenvalue weighted by Gasteiger charge is 2.19. The Bertz CT molecular complexity index is 1380. The van der Waals surface area contributed by atoms with Gasteiger partial charge >= 0.3 is 0 Å². The van der Waals surface area contributed by atoms with Gasteiger partial charge in [-0.3, -0.25) is 4.79 Å². The van der Waals surface area contributed by atoms with Crippen molar-refractivity contribution in [3.8, 4) is 28.6 Å². The molecule has 5 rings (SSSR count). The highest BCUT2D eigenvalue weighted by molar-refractivity contribution is 9.10. The van der Waals surface area contributed by atoms with Crippen molar-refractivity contribution in [3.63, 3.8) is 0 Å². The molecule has 0 radical (unpaired) electrons. The SMILES string of the molecule is Cc1ccc(-c2nc(C(=O)Nc3ccc(Oc4ccccc4)cc3)nn2-c2ccc(Br)cc2)cc1. The topological polar surface area (TPSA) is 69.0 Å². The molecule has 4 aromatic carbocycles. The van der Waals surface area contributed by atoms with Crippen molar-refractivity contribution in [1.82, 2.24) is 14.8 Å². The quantitative estimate of drug-likeness (QED) is 0.258. The third-order valence-electron chi connectivity index (χ3n) is 5.28. The van der Waals surface area contributed by atoms with Gasteiger partial charge < -0.3 is 10.1 Å². The monoisotopic (exact) mass is 524 g/mol. The molecule has 0 atom stereocenters. The fourth-order valence-corrected chi connectivity index (χ4v) is 3.74. The van der Waals surface area contributed by atoms with Crippen LogP contribution >= 0.6 is 15.9 Å². The first-order valence-electron chi connectivity index (χ1n) is 11.0. The van der Waals surface area contributed by atoms with E-state index in [0.717, 1.165) is 27.0 Å². The van der Waals surface area contributed by atoms with Crippen LogP contribution in [-0.2, 0) is 0 Å². The predicted octanol–water partition coefficient (Wildman–Crippen LogP) is 7.05. The molecule has 0 unspecified atom stereocenters. The number of nitrogens with zero attached hydrogens (tertiary/aromatic N) is 3. The molecule has 0 saturated heterocycles. The summed E-state index contributed by atoms with van der Waals surface area (Å²) in [7, 11) is 0. The summed E-state index contributed by atoms with van der Waals surface area (Å²) >= 11 is 3.46. The largest absolute Gasteiger partial charge is 0.457 e. The van der Waals surface area contributed by atoms with Gasteiger partial charge in [0.05, 0.1) is 5.69 Å². The van der Waals surface area contributed by atoms with Crippen LogP contribution in [0.4, 0.5) is 5.69 Å². The molecule has 0 aliphatic carbocycles. The Hall–Kier alpha value is -4.23. The number of anilines is 1. The molecule has 1 heterocycles. The van der Waals surface area contributed by atoms with Crippen molar-refractivity contribution in [3.05, 3.63) is 119 Å². The standard InChI is InChI=1S/C28H21BrN4O2/c1-19-7-9-20(10-8-19)27-31-26(32-33(27)23-15-11-21(29)12-16-23)28(34)30-22-13-17-25(18-14-22)35-24-5-3-2-4-6-24/h2-18H,1H3,(H,30,34). The number of aryl methyl sites for hydroxylation is 1. The number of aromatic nitrogens is 3. The summed E-state index contributed by atoms with van der Waals surface area (Å²) < 4.78 is 8.45. The molecule has 0 spiro atoms. The lowest BCUT2D eigenvalue weighted by atomic mass is 10.1. The number of para-hydroxylation sites is 1. The lowest BCUT2D eigenvalue weighted by Gasteiger charge is -2.07. The van der Waals surface area contributed by atoms with Crippen molar-refractivity contribution in [2.24, 2.45) is 0 Å². The molecule has 0 bridgehead atoms. The minimum absolute atomic E-state index is 0.0769. The number of carbonyl (C=O) groups excluding carboxylic acids is 1. The number of hydrogen-bond donors (Lipinski definition) is 1. The van der Waals surface area contributed by atoms with Gasteiger partial charge in [0.1, 0.15) is 11.5 Å². The Morgan fingerprint density at radius 1 is 0.829 bits per heavy atom. The van der Waals surface area contributed by atoms with Gasteiger partial charge in [-0.2, -0.15) is 0 Å². The second kappa shape index (κ2) is 9.95. The van der Waals surface area contributed by atoms with Crippen LogP contribution in [0.3, 0.4) is 0 Å². The predicted molar refractivity (Wildman–Crippen MR) is 140 cm³/mol. The molecular weight excluding hydrogens is 504 g/mol. The van der Waals surface area contributed by atoms with Crippen molar-refractivity contribution in [1.29, 1.82) is 0 Å². The Morgan fingerprint density at radius 3 is 2.17 bits per heavy atom. The zero-order valence-electron chi connectivity index (χ0n) is 18.9. The third-order valence-corrected chi connectivity index (χ3v) is 5.81. The maximum Gasteiger partial charge on any atom is 0.295 e. The molecular formula is C28H21BrN4O2. The highest BCUT2D eigenvalue weighted by Crippen LogP contribution is 2.25. The summed E-state index contributed by atoms with van der Waals surface area (Å²) in [6.07, 6.45) is 0. The van der Waals surface area contributed by atoms with Gasteiger partial charge in [0, 0.05) is 15.7 Å². The minimum atomic E-state index is -0.397. The summed E-state index contributed by atoms with van der Waals surface area (Å²) in [4.78, 5) is 17.6. The van der Waals surface area contributed by atoms with E-state index >= 15 is 0 Å². The molecule has 172 valence electrons. The Kier molecular flexibility index (Phi) is 6.41. The van der Waals surface area contributed by atoms with Gasteiger partial charge in [-0.1, -0.05) is 64.0 Å². The van der Waals surface area contributed by atoms with E-state index in [1.165, 1.54) is 0 Å². The van der Waals surface area contributed by atoms with Crippen molar-refractivity contribution < 1.29 is 9.53 Å². The highest BCUT2D eigenvalue weighted by atomic mass is 79.9. The van der Waals surface area contributed by atoms with Crippen LogP contribution in [0, 0.1) is 6.92 Å². The van der Waals surface area contributed by atoms with Crippen molar-refractivity contribution in [2.75, 3.05) is 5.32 Å². The van der Waals surface area contributed by atoms with Crippen molar-refractivity contribution in [2.45, 2.75) is 6.92 Å². The minimum Gasteiger partial charge on any atom is -0.457 e. The van der Waals surface area contributed by atoms with Gasteiger partial charge in [-0.05, 0) is 67.6 Å². The van der Waals surface area contributed by atoms with Gasteiger partial charge in [0.15, 0.2) is 5.82 Å². The average Bonchev–Trinajstić information content (AvgIpc) is 3.32. The molecule has 6 nitrogen and oxygen atoms in total. The van der Waals surface area contributed by atoms with Crippen LogP contribution in [0.25, 0.3) is 17.1 Å². The summed E-state index contributed by atoms with van der Waals surface area (Å²) in [5.74, 6) is 1.69. The number of ether oxygens (including phenoxy) is 1. The Morgan fingerprint density at radius 2 is 1.49 bits per heavy atom. The van der Waals surface area contributed by atoms with Gasteiger partial charge in [0.25, 0.3) is 5.91 Å². The first-order chi connectivity index (χ1) is 17.0. The van der Waals surface area contributed by atoms with Crippen LogP contribution < -0.4 is 10.1 Å². The number of benzene rings is 4. The molecule has 1 N–H and O–H groups in total. The number of rotatable bonds is 6. The van der Waals surface area contributed by atoms with Gasteiger partial charge in [-0.15, -0.1) is 5.10 Å². The zero-order valence-corrected chi connectivity index (χ0v) is 20.4. The van der Waals surface area contributed by atoms with Crippen LogP contribution in [-0.4, -0.2) is 20.7 Å². The number of hydrogen-bond acceptors (Lipinski definition) is 4. The summed E-state index contributed by atoms with van der Waals surface area (Å²) in [5.41, 5.74) is 3.43. The maximum atomic E-state index is 13.0. The second-order valence-corrected chi connectivity index (χ2v) is 8.82. The lowest BCUT2D eigenvalue weighted by molar-refractivity contribution is 0.101. The van der Waals surface area contributed by atoms with E-state index in [-0.39, 0.29) is 5.82 Å². The van der Waals surface area contributed by atoms with Crippen molar-refractivity contribution >= 4 is 27.5 Å². The fourth-order valence-electron chi connectivity index (χ4n) is 3.48. The molecule has 5 aromatic rings. The first kappa shape index (κ1) is 22.6. The summed E-state index contributed by atoms with van der Waals surface area (Å²) in [5, 5.41) is 7.40. The smallest absolute Gasteiger partial charge is 0.295 e. The third kappa shape index (κ3) is 5.31. The van der Waals surface area contributed by atoms with E-state index in [1.54, 1.807) is 28.9 Å². The van der Waals surface area contributed by atoms with E-state index < -0.39 is 5.91 Å². The first-order valence-corrected chi connectivity index (χ1v) is 11.8. The van der Waals surface area contributed by atoms with Crippen LogP contribution in [0.5, 0.6) is 11.5 Å². The molecule has 0 saturated carbocycles. The molecule has 35 heavy (non-hydrogen) atoms. The zero-order chi connectivity index (χ0) is 24.2. The van der Waals surface area contributed by atoms with E-state index in [4.69, 9.17) is 4.74 Å².